The Hall–Kier alpha value is -0.900. The maximum Gasteiger partial charge on any atom is 0.111 e. The summed E-state index contributed by atoms with van der Waals surface area (Å²) in [5, 5.41) is 17.9. The molecule has 3 atom stereocenters. The molecular weight excluding hydrogens is 178 g/mol. The van der Waals surface area contributed by atoms with Crippen LogP contribution in [0.15, 0.2) is 6.20 Å². The fourth-order valence-corrected chi connectivity index (χ4v) is 3.04. The van der Waals surface area contributed by atoms with Crippen molar-refractivity contribution in [1.82, 2.24) is 15.0 Å². The van der Waals surface area contributed by atoms with Gasteiger partial charge in [-0.25, -0.2) is 0 Å². The number of aliphatic hydroxyl groups is 1. The number of aryl methyl sites for hydroxylation is 1. The minimum atomic E-state index is -0.376. The summed E-state index contributed by atoms with van der Waals surface area (Å²) in [5.74, 6) is 2.01. The maximum absolute atomic E-state index is 10.1. The SMILES string of the molecule is Cn1cc(C(O)C2C3CCCC32)nn1. The first kappa shape index (κ1) is 8.41. The first-order valence-electron chi connectivity index (χ1n) is 5.31. The number of rotatable bonds is 2. The van der Waals surface area contributed by atoms with Crippen molar-refractivity contribution in [3.63, 3.8) is 0 Å². The Morgan fingerprint density at radius 1 is 1.50 bits per heavy atom. The topological polar surface area (TPSA) is 50.9 Å². The van der Waals surface area contributed by atoms with Crippen molar-refractivity contribution in [3.05, 3.63) is 11.9 Å². The third-order valence-corrected chi connectivity index (χ3v) is 3.76. The molecule has 2 saturated carbocycles. The molecule has 2 aliphatic rings. The molecular formula is C10H15N3O. The summed E-state index contributed by atoms with van der Waals surface area (Å²) >= 11 is 0. The largest absolute Gasteiger partial charge is 0.386 e. The smallest absolute Gasteiger partial charge is 0.111 e. The van der Waals surface area contributed by atoms with E-state index in [9.17, 15) is 5.11 Å². The molecule has 14 heavy (non-hydrogen) atoms. The summed E-state index contributed by atoms with van der Waals surface area (Å²) < 4.78 is 1.65. The zero-order valence-electron chi connectivity index (χ0n) is 8.30. The van der Waals surface area contributed by atoms with Crippen molar-refractivity contribution >= 4 is 0 Å². The van der Waals surface area contributed by atoms with Crippen molar-refractivity contribution in [1.29, 1.82) is 0 Å². The zero-order chi connectivity index (χ0) is 9.71. The van der Waals surface area contributed by atoms with Crippen LogP contribution in [0.2, 0.25) is 0 Å². The van der Waals surface area contributed by atoms with Crippen LogP contribution >= 0.6 is 0 Å². The van der Waals surface area contributed by atoms with E-state index >= 15 is 0 Å². The summed E-state index contributed by atoms with van der Waals surface area (Å²) in [4.78, 5) is 0. The summed E-state index contributed by atoms with van der Waals surface area (Å²) in [6.45, 7) is 0. The number of hydrogen-bond donors (Lipinski definition) is 1. The first-order chi connectivity index (χ1) is 6.77. The Morgan fingerprint density at radius 2 is 2.21 bits per heavy atom. The summed E-state index contributed by atoms with van der Waals surface area (Å²) in [6.07, 6.45) is 5.39. The molecule has 0 aromatic carbocycles. The lowest BCUT2D eigenvalue weighted by Gasteiger charge is -2.08. The molecule has 2 aliphatic carbocycles. The molecule has 0 aliphatic heterocycles. The third-order valence-electron chi connectivity index (χ3n) is 3.76. The molecule has 0 spiro atoms. The second-order valence-corrected chi connectivity index (χ2v) is 4.60. The first-order valence-corrected chi connectivity index (χ1v) is 5.31. The molecule has 1 aromatic heterocycles. The van der Waals surface area contributed by atoms with Gasteiger partial charge in [-0.05, 0) is 30.6 Å². The Kier molecular flexibility index (Phi) is 1.68. The monoisotopic (exact) mass is 193 g/mol. The maximum atomic E-state index is 10.1. The van der Waals surface area contributed by atoms with Gasteiger partial charge in [0, 0.05) is 7.05 Å². The van der Waals surface area contributed by atoms with Gasteiger partial charge in [0.25, 0.3) is 0 Å². The van der Waals surface area contributed by atoms with Gasteiger partial charge >= 0.3 is 0 Å². The number of aromatic nitrogens is 3. The average Bonchev–Trinajstić information content (AvgIpc) is 2.56. The van der Waals surface area contributed by atoms with Gasteiger partial charge in [-0.1, -0.05) is 11.6 Å². The third kappa shape index (κ3) is 1.10. The van der Waals surface area contributed by atoms with Crippen molar-refractivity contribution in [2.24, 2.45) is 24.8 Å². The van der Waals surface area contributed by atoms with Crippen LogP contribution in [-0.4, -0.2) is 20.1 Å². The number of hydrogen-bond acceptors (Lipinski definition) is 3. The van der Waals surface area contributed by atoms with Crippen LogP contribution in [0, 0.1) is 17.8 Å². The van der Waals surface area contributed by atoms with Gasteiger partial charge in [0.2, 0.25) is 0 Å². The van der Waals surface area contributed by atoms with Crippen molar-refractivity contribution < 1.29 is 5.11 Å². The predicted molar refractivity (Wildman–Crippen MR) is 50.3 cm³/mol. The Morgan fingerprint density at radius 3 is 2.79 bits per heavy atom. The molecule has 2 fully saturated rings. The fourth-order valence-electron chi connectivity index (χ4n) is 3.04. The van der Waals surface area contributed by atoms with Gasteiger partial charge in [-0.3, -0.25) is 4.68 Å². The van der Waals surface area contributed by atoms with Gasteiger partial charge < -0.3 is 5.11 Å². The molecule has 76 valence electrons. The van der Waals surface area contributed by atoms with E-state index in [2.05, 4.69) is 10.3 Å². The highest BCUT2D eigenvalue weighted by Crippen LogP contribution is 2.61. The van der Waals surface area contributed by atoms with E-state index in [1.165, 1.54) is 19.3 Å². The molecule has 1 N–H and O–H groups in total. The Bertz CT molecular complexity index is 339. The number of fused-ring (bicyclic) bond motifs is 1. The van der Waals surface area contributed by atoms with Gasteiger partial charge in [0.1, 0.15) is 11.8 Å². The zero-order valence-corrected chi connectivity index (χ0v) is 8.30. The van der Waals surface area contributed by atoms with Crippen LogP contribution in [0.3, 0.4) is 0 Å². The van der Waals surface area contributed by atoms with Crippen LogP contribution < -0.4 is 0 Å². The Labute approximate surface area is 82.9 Å². The van der Waals surface area contributed by atoms with E-state index in [1.54, 1.807) is 4.68 Å². The molecule has 1 heterocycles. The highest BCUT2D eigenvalue weighted by molar-refractivity contribution is 5.11. The molecule has 3 rings (SSSR count). The van der Waals surface area contributed by atoms with Crippen LogP contribution in [0.1, 0.15) is 31.1 Å². The summed E-state index contributed by atoms with van der Waals surface area (Å²) in [7, 11) is 1.83. The Balaban J connectivity index is 1.75. The highest BCUT2D eigenvalue weighted by atomic mass is 16.3. The lowest BCUT2D eigenvalue weighted by atomic mass is 10.0. The van der Waals surface area contributed by atoms with Crippen LogP contribution in [0.4, 0.5) is 0 Å². The second-order valence-electron chi connectivity index (χ2n) is 4.60. The molecule has 3 unspecified atom stereocenters. The lowest BCUT2D eigenvalue weighted by Crippen LogP contribution is -2.04. The van der Waals surface area contributed by atoms with Crippen LogP contribution in [-0.2, 0) is 7.05 Å². The van der Waals surface area contributed by atoms with Crippen molar-refractivity contribution in [3.8, 4) is 0 Å². The highest BCUT2D eigenvalue weighted by Gasteiger charge is 2.56. The molecule has 0 radical (unpaired) electrons. The minimum Gasteiger partial charge on any atom is -0.386 e. The number of aliphatic hydroxyl groups excluding tert-OH is 1. The standard InChI is InChI=1S/C10H15N3O/c1-13-5-8(11-12-13)10(14)9-6-3-2-4-7(6)9/h5-7,9-10,14H,2-4H2,1H3. The minimum absolute atomic E-state index is 0.376. The van der Waals surface area contributed by atoms with Crippen LogP contribution in [0.25, 0.3) is 0 Å². The molecule has 0 bridgehead atoms. The fraction of sp³-hybridized carbons (Fsp3) is 0.800. The van der Waals surface area contributed by atoms with E-state index in [4.69, 9.17) is 0 Å². The number of nitrogens with zero attached hydrogens (tertiary/aromatic N) is 3. The summed E-state index contributed by atoms with van der Waals surface area (Å²) in [5.41, 5.74) is 0.743. The molecule has 4 heteroatoms. The van der Waals surface area contributed by atoms with Gasteiger partial charge in [0.05, 0.1) is 6.20 Å². The normalized spacial score (nSPS) is 36.9. The quantitative estimate of drug-likeness (QED) is 0.759. The van der Waals surface area contributed by atoms with E-state index in [-0.39, 0.29) is 6.10 Å². The van der Waals surface area contributed by atoms with E-state index in [0.717, 1.165) is 17.5 Å². The molecule has 4 nitrogen and oxygen atoms in total. The van der Waals surface area contributed by atoms with Gasteiger partial charge in [-0.2, -0.15) is 0 Å². The van der Waals surface area contributed by atoms with Gasteiger partial charge in [0.15, 0.2) is 0 Å². The van der Waals surface area contributed by atoms with Crippen molar-refractivity contribution in [2.45, 2.75) is 25.4 Å². The van der Waals surface area contributed by atoms with E-state index in [0.29, 0.717) is 5.92 Å². The second kappa shape index (κ2) is 2.79. The van der Waals surface area contributed by atoms with Crippen molar-refractivity contribution in [2.75, 3.05) is 0 Å². The van der Waals surface area contributed by atoms with E-state index < -0.39 is 0 Å². The summed E-state index contributed by atoms with van der Waals surface area (Å²) in [6, 6.07) is 0. The van der Waals surface area contributed by atoms with E-state index in [1.807, 2.05) is 13.2 Å². The predicted octanol–water partition coefficient (Wildman–Crippen LogP) is 0.895. The molecule has 0 saturated heterocycles. The molecule has 0 amide bonds. The lowest BCUT2D eigenvalue weighted by molar-refractivity contribution is 0.132. The molecule has 1 aromatic rings. The average molecular weight is 193 g/mol. The van der Waals surface area contributed by atoms with Crippen LogP contribution in [0.5, 0.6) is 0 Å². The van der Waals surface area contributed by atoms with Gasteiger partial charge in [-0.15, -0.1) is 5.10 Å².